The molecule has 122 valence electrons. The lowest BCUT2D eigenvalue weighted by Gasteiger charge is -2.28. The number of carbonyl (C=O) groups excluding carboxylic acids is 1. The van der Waals surface area contributed by atoms with E-state index in [2.05, 4.69) is 23.1 Å². The van der Waals surface area contributed by atoms with Crippen molar-refractivity contribution < 1.29 is 9.53 Å². The van der Waals surface area contributed by atoms with Crippen molar-refractivity contribution in [1.29, 1.82) is 0 Å². The Hall–Kier alpha value is -1.88. The number of rotatable bonds is 4. The minimum Gasteiger partial charge on any atom is -0.379 e. The van der Waals surface area contributed by atoms with Crippen molar-refractivity contribution >= 4 is 18.3 Å². The van der Waals surface area contributed by atoms with E-state index in [-0.39, 0.29) is 18.3 Å². The first-order chi connectivity index (χ1) is 10.8. The van der Waals surface area contributed by atoms with E-state index in [0.29, 0.717) is 12.1 Å². The van der Waals surface area contributed by atoms with Gasteiger partial charge in [0.2, 0.25) is 5.91 Å². The number of halogens is 1. The number of hydrogen-bond donors (Lipinski definition) is 1. The van der Waals surface area contributed by atoms with Crippen LogP contribution in [0.4, 0.5) is 0 Å². The minimum absolute atomic E-state index is 0. The zero-order chi connectivity index (χ0) is 15.4. The van der Waals surface area contributed by atoms with Gasteiger partial charge in [-0.1, -0.05) is 42.5 Å². The van der Waals surface area contributed by atoms with Crippen molar-refractivity contribution in [3.63, 3.8) is 0 Å². The van der Waals surface area contributed by atoms with E-state index in [1.165, 1.54) is 0 Å². The van der Waals surface area contributed by atoms with Crippen molar-refractivity contribution in [2.24, 2.45) is 5.73 Å². The van der Waals surface area contributed by atoms with Crippen LogP contribution in [0.15, 0.2) is 48.5 Å². The number of morpholine rings is 1. The van der Waals surface area contributed by atoms with Gasteiger partial charge in [-0.2, -0.15) is 0 Å². The van der Waals surface area contributed by atoms with Crippen LogP contribution in [0.5, 0.6) is 0 Å². The molecule has 5 heteroatoms. The molecule has 1 heterocycles. The Morgan fingerprint density at radius 3 is 2.39 bits per heavy atom. The summed E-state index contributed by atoms with van der Waals surface area (Å²) in [6.45, 7) is 3.94. The van der Waals surface area contributed by atoms with Gasteiger partial charge in [-0.3, -0.25) is 9.69 Å². The highest BCUT2D eigenvalue weighted by Gasteiger charge is 2.18. The molecule has 4 nitrogen and oxygen atoms in total. The fourth-order valence-electron chi connectivity index (χ4n) is 2.86. The van der Waals surface area contributed by atoms with Gasteiger partial charge in [-0.15, -0.1) is 12.4 Å². The number of carbonyl (C=O) groups is 1. The summed E-state index contributed by atoms with van der Waals surface area (Å²) in [5.41, 5.74) is 9.37. The fraction of sp³-hybridized carbons (Fsp3) is 0.278. The second-order valence-electron chi connectivity index (χ2n) is 5.45. The number of nitrogens with zero attached hydrogens (tertiary/aromatic N) is 1. The van der Waals surface area contributed by atoms with Crippen molar-refractivity contribution in [2.45, 2.75) is 6.54 Å². The molecular weight excluding hydrogens is 312 g/mol. The highest BCUT2D eigenvalue weighted by molar-refractivity contribution is 5.96. The van der Waals surface area contributed by atoms with Crippen molar-refractivity contribution in [3.8, 4) is 11.1 Å². The van der Waals surface area contributed by atoms with Crippen molar-refractivity contribution in [1.82, 2.24) is 4.90 Å². The standard InChI is InChI=1S/C18H20N2O2.ClH/c19-18(21)16-8-4-7-15(14-5-2-1-3-6-14)17(16)13-20-9-11-22-12-10-20;/h1-8H,9-13H2,(H2,19,21);1H. The molecule has 1 aliphatic rings. The number of amides is 1. The molecule has 0 unspecified atom stereocenters. The summed E-state index contributed by atoms with van der Waals surface area (Å²) in [4.78, 5) is 14.1. The monoisotopic (exact) mass is 332 g/mol. The first kappa shape index (κ1) is 17.5. The molecular formula is C18H21ClN2O2. The maximum atomic E-state index is 11.8. The molecule has 1 aliphatic heterocycles. The van der Waals surface area contributed by atoms with Gasteiger partial charge in [-0.05, 0) is 22.8 Å². The molecule has 0 saturated carbocycles. The number of hydrogen-bond acceptors (Lipinski definition) is 3. The third kappa shape index (κ3) is 4.10. The number of nitrogens with two attached hydrogens (primary N) is 1. The summed E-state index contributed by atoms with van der Waals surface area (Å²) in [7, 11) is 0. The third-order valence-electron chi connectivity index (χ3n) is 4.01. The van der Waals surface area contributed by atoms with E-state index in [1.54, 1.807) is 0 Å². The van der Waals surface area contributed by atoms with Gasteiger partial charge in [-0.25, -0.2) is 0 Å². The Labute approximate surface area is 142 Å². The molecule has 23 heavy (non-hydrogen) atoms. The highest BCUT2D eigenvalue weighted by atomic mass is 35.5. The average Bonchev–Trinajstić information content (AvgIpc) is 2.56. The molecule has 3 rings (SSSR count). The number of primary amides is 1. The molecule has 1 amide bonds. The Morgan fingerprint density at radius 2 is 1.74 bits per heavy atom. The Kier molecular flexibility index (Phi) is 6.16. The smallest absolute Gasteiger partial charge is 0.249 e. The van der Waals surface area contributed by atoms with Gasteiger partial charge in [0, 0.05) is 25.2 Å². The highest BCUT2D eigenvalue weighted by Crippen LogP contribution is 2.27. The Bertz CT molecular complexity index is 655. The predicted octanol–water partition coefficient (Wildman–Crippen LogP) is 2.71. The van der Waals surface area contributed by atoms with E-state index < -0.39 is 0 Å². The molecule has 0 spiro atoms. The Balaban J connectivity index is 0.00000192. The number of ether oxygens (including phenoxy) is 1. The average molecular weight is 333 g/mol. The molecule has 2 aromatic carbocycles. The largest absolute Gasteiger partial charge is 0.379 e. The zero-order valence-electron chi connectivity index (χ0n) is 12.9. The van der Waals surface area contributed by atoms with E-state index >= 15 is 0 Å². The van der Waals surface area contributed by atoms with Crippen molar-refractivity contribution in [3.05, 3.63) is 59.7 Å². The van der Waals surface area contributed by atoms with Gasteiger partial charge < -0.3 is 10.5 Å². The van der Waals surface area contributed by atoms with Crippen LogP contribution in [-0.4, -0.2) is 37.1 Å². The van der Waals surface area contributed by atoms with Crippen LogP contribution in [0.1, 0.15) is 15.9 Å². The lowest BCUT2D eigenvalue weighted by Crippen LogP contribution is -2.36. The lowest BCUT2D eigenvalue weighted by molar-refractivity contribution is 0.0341. The van der Waals surface area contributed by atoms with Gasteiger partial charge in [0.15, 0.2) is 0 Å². The summed E-state index contributed by atoms with van der Waals surface area (Å²) in [5, 5.41) is 0. The minimum atomic E-state index is -0.374. The predicted molar refractivity (Wildman–Crippen MR) is 93.7 cm³/mol. The summed E-state index contributed by atoms with van der Waals surface area (Å²) >= 11 is 0. The maximum absolute atomic E-state index is 11.8. The summed E-state index contributed by atoms with van der Waals surface area (Å²) in [6.07, 6.45) is 0. The van der Waals surface area contributed by atoms with Crippen LogP contribution in [0.2, 0.25) is 0 Å². The van der Waals surface area contributed by atoms with Crippen LogP contribution in [-0.2, 0) is 11.3 Å². The SMILES string of the molecule is Cl.NC(=O)c1cccc(-c2ccccc2)c1CN1CCOCC1. The molecule has 2 N–H and O–H groups in total. The first-order valence-electron chi connectivity index (χ1n) is 7.53. The van der Waals surface area contributed by atoms with Gasteiger partial charge in [0.1, 0.15) is 0 Å². The maximum Gasteiger partial charge on any atom is 0.249 e. The van der Waals surface area contributed by atoms with Crippen LogP contribution >= 0.6 is 12.4 Å². The second kappa shape index (κ2) is 8.11. The van der Waals surface area contributed by atoms with Gasteiger partial charge >= 0.3 is 0 Å². The van der Waals surface area contributed by atoms with E-state index in [0.717, 1.165) is 43.0 Å². The molecule has 0 radical (unpaired) electrons. The molecule has 1 saturated heterocycles. The van der Waals surface area contributed by atoms with Crippen LogP contribution < -0.4 is 5.73 Å². The molecule has 0 aromatic heterocycles. The van der Waals surface area contributed by atoms with Crippen molar-refractivity contribution in [2.75, 3.05) is 26.3 Å². The quantitative estimate of drug-likeness (QED) is 0.936. The van der Waals surface area contributed by atoms with E-state index in [9.17, 15) is 4.79 Å². The summed E-state index contributed by atoms with van der Waals surface area (Å²) < 4.78 is 5.40. The first-order valence-corrected chi connectivity index (χ1v) is 7.53. The van der Waals surface area contributed by atoms with E-state index in [4.69, 9.17) is 10.5 Å². The molecule has 0 bridgehead atoms. The van der Waals surface area contributed by atoms with Gasteiger partial charge in [0.05, 0.1) is 13.2 Å². The normalized spacial score (nSPS) is 15.0. The summed E-state index contributed by atoms with van der Waals surface area (Å²) in [5.74, 6) is -0.374. The zero-order valence-corrected chi connectivity index (χ0v) is 13.7. The molecule has 0 aliphatic carbocycles. The Morgan fingerprint density at radius 1 is 1.04 bits per heavy atom. The van der Waals surface area contributed by atoms with Crippen LogP contribution in [0.3, 0.4) is 0 Å². The van der Waals surface area contributed by atoms with Crippen LogP contribution in [0, 0.1) is 0 Å². The topological polar surface area (TPSA) is 55.6 Å². The fourth-order valence-corrected chi connectivity index (χ4v) is 2.86. The third-order valence-corrected chi connectivity index (χ3v) is 4.01. The second-order valence-corrected chi connectivity index (χ2v) is 5.45. The molecule has 2 aromatic rings. The number of benzene rings is 2. The molecule has 0 atom stereocenters. The van der Waals surface area contributed by atoms with E-state index in [1.807, 2.05) is 30.3 Å². The lowest BCUT2D eigenvalue weighted by atomic mass is 9.94. The summed E-state index contributed by atoms with van der Waals surface area (Å²) in [6, 6.07) is 15.9. The molecule has 1 fully saturated rings. The van der Waals surface area contributed by atoms with Gasteiger partial charge in [0.25, 0.3) is 0 Å². The van der Waals surface area contributed by atoms with Crippen LogP contribution in [0.25, 0.3) is 11.1 Å².